The Morgan fingerprint density at radius 2 is 2.14 bits per heavy atom. The van der Waals surface area contributed by atoms with E-state index in [1.54, 1.807) is 37.3 Å². The van der Waals surface area contributed by atoms with E-state index in [0.29, 0.717) is 10.2 Å². The van der Waals surface area contributed by atoms with E-state index in [9.17, 15) is 4.79 Å². The Morgan fingerprint density at radius 3 is 2.64 bits per heavy atom. The fraction of sp³-hybridized carbons (Fsp3) is 0.222. The number of carbonyl (C=O) groups is 1. The molecule has 1 aromatic rings. The Hall–Kier alpha value is -1.07. The molecule has 2 N–H and O–H groups in total. The van der Waals surface area contributed by atoms with Gasteiger partial charge in [0.25, 0.3) is 0 Å². The van der Waals surface area contributed by atoms with Crippen molar-refractivity contribution >= 4 is 27.6 Å². The number of carboxylic acids is 1. The minimum Gasteiger partial charge on any atom is -0.478 e. The third-order valence-electron chi connectivity index (χ3n) is 1.57. The molecule has 0 fully saturated rings. The van der Waals surface area contributed by atoms with Crippen molar-refractivity contribution in [3.05, 3.63) is 28.2 Å². The van der Waals surface area contributed by atoms with Gasteiger partial charge in [-0.05, 0) is 28.1 Å². The number of hydrogen-bond acceptors (Lipinski definition) is 3. The molecule has 0 heterocycles. The molecule has 4 nitrogen and oxygen atoms in total. The molecule has 0 atom stereocenters. The Morgan fingerprint density at radius 1 is 1.50 bits per heavy atom. The maximum absolute atomic E-state index is 10.9. The number of hydrogen-bond donors (Lipinski definition) is 2. The fourth-order valence-corrected chi connectivity index (χ4v) is 1.61. The molecule has 1 aromatic carbocycles. The zero-order chi connectivity index (χ0) is 10.7. The summed E-state index contributed by atoms with van der Waals surface area (Å²) < 4.78 is 0.567. The lowest BCUT2D eigenvalue weighted by atomic mass is 10.2. The van der Waals surface area contributed by atoms with Crippen LogP contribution in [0.3, 0.4) is 0 Å². The van der Waals surface area contributed by atoms with E-state index in [4.69, 9.17) is 5.11 Å². The molecule has 0 radical (unpaired) electrons. The summed E-state index contributed by atoms with van der Waals surface area (Å²) in [6.45, 7) is 0. The Labute approximate surface area is 90.6 Å². The van der Waals surface area contributed by atoms with E-state index < -0.39 is 5.97 Å². The predicted molar refractivity (Wildman–Crippen MR) is 58.4 cm³/mol. The number of anilines is 1. The van der Waals surface area contributed by atoms with Gasteiger partial charge in [-0.15, -0.1) is 0 Å². The molecule has 0 amide bonds. The number of benzene rings is 1. The summed E-state index contributed by atoms with van der Waals surface area (Å²) in [5.74, 6) is -0.957. The predicted octanol–water partition coefficient (Wildman–Crippen LogP) is 2.04. The van der Waals surface area contributed by atoms with Crippen LogP contribution in [0.4, 0.5) is 5.69 Å². The molecule has 0 saturated heterocycles. The maximum Gasteiger partial charge on any atom is 0.339 e. The number of nitrogens with zero attached hydrogens (tertiary/aromatic N) is 1. The summed E-state index contributed by atoms with van der Waals surface area (Å²) in [4.78, 5) is 10.9. The van der Waals surface area contributed by atoms with Gasteiger partial charge in [0, 0.05) is 18.6 Å². The summed E-state index contributed by atoms with van der Waals surface area (Å²) in [6.07, 6.45) is 0. The van der Waals surface area contributed by atoms with E-state index >= 15 is 0 Å². The zero-order valence-electron chi connectivity index (χ0n) is 7.91. The van der Waals surface area contributed by atoms with Gasteiger partial charge in [-0.2, -0.15) is 0 Å². The van der Waals surface area contributed by atoms with Crippen molar-refractivity contribution in [3.8, 4) is 0 Å². The molecule has 0 bridgehead atoms. The minimum atomic E-state index is -0.957. The molecular weight excluding hydrogens is 248 g/mol. The lowest BCUT2D eigenvalue weighted by molar-refractivity contribution is 0.0696. The van der Waals surface area contributed by atoms with Crippen LogP contribution in [0.15, 0.2) is 22.7 Å². The summed E-state index contributed by atoms with van der Waals surface area (Å²) >= 11 is 3.20. The van der Waals surface area contributed by atoms with E-state index in [1.165, 1.54) is 0 Å². The third-order valence-corrected chi connectivity index (χ3v) is 2.23. The van der Waals surface area contributed by atoms with Crippen LogP contribution < -0.4 is 5.43 Å². The number of aromatic carboxylic acids is 1. The third kappa shape index (κ3) is 2.46. The Balaban J connectivity index is 3.14. The first-order chi connectivity index (χ1) is 6.52. The van der Waals surface area contributed by atoms with E-state index in [0.717, 1.165) is 0 Å². The summed E-state index contributed by atoms with van der Waals surface area (Å²) in [5.41, 5.74) is 3.72. The monoisotopic (exact) mass is 258 g/mol. The second-order valence-corrected chi connectivity index (χ2v) is 3.83. The molecule has 0 unspecified atom stereocenters. The van der Waals surface area contributed by atoms with Crippen molar-refractivity contribution < 1.29 is 9.90 Å². The number of rotatable bonds is 3. The quantitative estimate of drug-likeness (QED) is 0.815. The van der Waals surface area contributed by atoms with Gasteiger partial charge in [-0.3, -0.25) is 0 Å². The number of nitrogens with one attached hydrogen (secondary N) is 1. The molecule has 0 aliphatic heterocycles. The number of halogens is 1. The van der Waals surface area contributed by atoms with Gasteiger partial charge >= 0.3 is 5.97 Å². The van der Waals surface area contributed by atoms with Crippen LogP contribution in [-0.2, 0) is 0 Å². The molecule has 5 heteroatoms. The van der Waals surface area contributed by atoms with E-state index in [2.05, 4.69) is 21.4 Å². The molecule has 76 valence electrons. The second-order valence-electron chi connectivity index (χ2n) is 2.97. The first kappa shape index (κ1) is 11.0. The highest BCUT2D eigenvalue weighted by Gasteiger charge is 2.13. The molecule has 0 spiro atoms. The first-order valence-electron chi connectivity index (χ1n) is 3.98. The first-order valence-corrected chi connectivity index (χ1v) is 4.77. The van der Waals surface area contributed by atoms with Gasteiger partial charge in [-0.1, -0.05) is 6.07 Å². The molecule has 14 heavy (non-hydrogen) atoms. The number of hydrazine groups is 1. The standard InChI is InChI=1S/C9H11BrN2O2/c1-12(2)11-7-5-3-4-6(10)8(7)9(13)14/h3-5,11H,1-2H3,(H,13,14). The van der Waals surface area contributed by atoms with Crippen LogP contribution in [0.1, 0.15) is 10.4 Å². The van der Waals surface area contributed by atoms with E-state index in [1.807, 2.05) is 0 Å². The minimum absolute atomic E-state index is 0.237. The van der Waals surface area contributed by atoms with Gasteiger partial charge < -0.3 is 10.5 Å². The molecule has 0 aliphatic carbocycles. The van der Waals surface area contributed by atoms with Crippen molar-refractivity contribution in [2.24, 2.45) is 0 Å². The van der Waals surface area contributed by atoms with Gasteiger partial charge in [0.2, 0.25) is 0 Å². The molecule has 0 aromatic heterocycles. The van der Waals surface area contributed by atoms with Gasteiger partial charge in [0.05, 0.1) is 11.3 Å². The zero-order valence-corrected chi connectivity index (χ0v) is 9.50. The smallest absolute Gasteiger partial charge is 0.339 e. The Bertz CT molecular complexity index is 353. The SMILES string of the molecule is CN(C)Nc1cccc(Br)c1C(=O)O. The summed E-state index contributed by atoms with van der Waals surface area (Å²) in [5, 5.41) is 10.7. The average Bonchev–Trinajstić information content (AvgIpc) is 2.01. The lowest BCUT2D eigenvalue weighted by Gasteiger charge is -2.15. The molecule has 1 rings (SSSR count). The van der Waals surface area contributed by atoms with Crippen molar-refractivity contribution in [1.82, 2.24) is 5.01 Å². The lowest BCUT2D eigenvalue weighted by Crippen LogP contribution is -2.21. The average molecular weight is 259 g/mol. The van der Waals surface area contributed by atoms with Crippen molar-refractivity contribution in [1.29, 1.82) is 0 Å². The van der Waals surface area contributed by atoms with E-state index in [-0.39, 0.29) is 5.56 Å². The normalized spacial score (nSPS) is 10.3. The Kier molecular flexibility index (Phi) is 3.49. The van der Waals surface area contributed by atoms with Crippen LogP contribution in [0.5, 0.6) is 0 Å². The largest absolute Gasteiger partial charge is 0.478 e. The van der Waals surface area contributed by atoms with Gasteiger partial charge in [0.1, 0.15) is 0 Å². The van der Waals surface area contributed by atoms with Crippen LogP contribution >= 0.6 is 15.9 Å². The topological polar surface area (TPSA) is 52.6 Å². The van der Waals surface area contributed by atoms with Crippen molar-refractivity contribution in [2.75, 3.05) is 19.5 Å². The molecular formula is C9H11BrN2O2. The van der Waals surface area contributed by atoms with Crippen molar-refractivity contribution in [2.45, 2.75) is 0 Å². The van der Waals surface area contributed by atoms with Crippen LogP contribution in [0.2, 0.25) is 0 Å². The summed E-state index contributed by atoms with van der Waals surface area (Å²) in [7, 11) is 3.60. The summed E-state index contributed by atoms with van der Waals surface area (Å²) in [6, 6.07) is 5.20. The van der Waals surface area contributed by atoms with Crippen LogP contribution in [0, 0.1) is 0 Å². The van der Waals surface area contributed by atoms with Crippen molar-refractivity contribution in [3.63, 3.8) is 0 Å². The fourth-order valence-electron chi connectivity index (χ4n) is 1.08. The molecule has 0 saturated carbocycles. The van der Waals surface area contributed by atoms with Gasteiger partial charge in [-0.25, -0.2) is 9.80 Å². The highest BCUT2D eigenvalue weighted by atomic mass is 79.9. The highest BCUT2D eigenvalue weighted by molar-refractivity contribution is 9.10. The van der Waals surface area contributed by atoms with Gasteiger partial charge in [0.15, 0.2) is 0 Å². The highest BCUT2D eigenvalue weighted by Crippen LogP contribution is 2.24. The number of carboxylic acid groups (broad SMARTS) is 1. The second kappa shape index (κ2) is 4.43. The van der Waals surface area contributed by atoms with Crippen LogP contribution in [0.25, 0.3) is 0 Å². The van der Waals surface area contributed by atoms with Crippen LogP contribution in [-0.4, -0.2) is 30.2 Å². The molecule has 0 aliphatic rings. The maximum atomic E-state index is 10.9.